The van der Waals surface area contributed by atoms with Crippen molar-refractivity contribution in [2.45, 2.75) is 64.2 Å². The van der Waals surface area contributed by atoms with E-state index in [1.807, 2.05) is 4.57 Å². The zero-order valence-electron chi connectivity index (χ0n) is 19.9. The van der Waals surface area contributed by atoms with Crippen LogP contribution in [-0.4, -0.2) is 38.0 Å². The van der Waals surface area contributed by atoms with Crippen molar-refractivity contribution >= 4 is 34.1 Å². The van der Waals surface area contributed by atoms with Crippen molar-refractivity contribution in [2.75, 3.05) is 6.54 Å². The van der Waals surface area contributed by atoms with Gasteiger partial charge < -0.3 is 14.6 Å². The molecular formula is C26H25F4N3O3S. The summed E-state index contributed by atoms with van der Waals surface area (Å²) in [7, 11) is 0. The Balaban J connectivity index is 1.29. The Morgan fingerprint density at radius 3 is 2.57 bits per heavy atom. The Hall–Kier alpha value is -2.95. The number of amides is 1. The molecule has 1 amide bonds. The first-order valence-corrected chi connectivity index (χ1v) is 13.1. The Bertz CT molecular complexity index is 1420. The third-order valence-electron chi connectivity index (χ3n) is 8.64. The summed E-state index contributed by atoms with van der Waals surface area (Å²) in [5.41, 5.74) is 1.43. The van der Waals surface area contributed by atoms with Crippen molar-refractivity contribution in [1.29, 1.82) is 0 Å². The van der Waals surface area contributed by atoms with Gasteiger partial charge in [-0.2, -0.15) is 13.2 Å². The van der Waals surface area contributed by atoms with E-state index in [9.17, 15) is 32.3 Å². The number of hydrogen-bond donors (Lipinski definition) is 1. The molecule has 11 heteroatoms. The first kappa shape index (κ1) is 24.4. The second-order valence-electron chi connectivity index (χ2n) is 10.8. The second-order valence-corrected chi connectivity index (χ2v) is 11.9. The molecule has 3 aliphatic rings. The van der Waals surface area contributed by atoms with Crippen LogP contribution in [0.15, 0.2) is 24.4 Å². The second kappa shape index (κ2) is 8.28. The quantitative estimate of drug-likeness (QED) is 0.431. The highest BCUT2D eigenvalue weighted by molar-refractivity contribution is 7.11. The van der Waals surface area contributed by atoms with Gasteiger partial charge in [0.05, 0.1) is 18.5 Å². The molecule has 0 radical (unpaired) electrons. The minimum absolute atomic E-state index is 0.0335. The minimum atomic E-state index is -4.52. The van der Waals surface area contributed by atoms with Crippen molar-refractivity contribution in [3.8, 4) is 0 Å². The predicted octanol–water partition coefficient (Wildman–Crippen LogP) is 5.61. The molecule has 0 spiro atoms. The third kappa shape index (κ3) is 4.02. The minimum Gasteiger partial charge on any atom is -0.481 e. The molecule has 3 heterocycles. The molecule has 1 aliphatic heterocycles. The number of alkyl halides is 3. The van der Waals surface area contributed by atoms with Gasteiger partial charge in [0.1, 0.15) is 5.82 Å². The zero-order valence-corrected chi connectivity index (χ0v) is 20.7. The van der Waals surface area contributed by atoms with Crippen LogP contribution in [0.1, 0.15) is 59.7 Å². The smallest absolute Gasteiger partial charge is 0.443 e. The van der Waals surface area contributed by atoms with Crippen LogP contribution in [0.2, 0.25) is 0 Å². The van der Waals surface area contributed by atoms with Gasteiger partial charge in [0, 0.05) is 40.6 Å². The highest BCUT2D eigenvalue weighted by Crippen LogP contribution is 2.63. The molecule has 1 aromatic carbocycles. The lowest BCUT2D eigenvalue weighted by molar-refractivity contribution is -0.148. The molecule has 3 aromatic rings. The molecule has 0 atom stereocenters. The summed E-state index contributed by atoms with van der Waals surface area (Å²) >= 11 is 0.578. The van der Waals surface area contributed by atoms with Crippen molar-refractivity contribution < 1.29 is 32.3 Å². The number of carbonyl (C=O) groups excluding carboxylic acids is 1. The third-order valence-corrected chi connectivity index (χ3v) is 9.67. The normalized spacial score (nSPS) is 25.1. The van der Waals surface area contributed by atoms with E-state index in [0.717, 1.165) is 24.1 Å². The first-order chi connectivity index (χ1) is 17.5. The van der Waals surface area contributed by atoms with E-state index in [2.05, 4.69) is 4.98 Å². The van der Waals surface area contributed by atoms with Gasteiger partial charge in [-0.05, 0) is 67.7 Å². The SMILES string of the molecule is O=C(CC12CCC(C(=O)O)(CC1)C2)N1CCc2c(n(Cc3cnc(C(F)(F)F)s3)c3ccc(F)cc23)C1. The molecule has 2 bridgehead atoms. The molecule has 2 aromatic heterocycles. The summed E-state index contributed by atoms with van der Waals surface area (Å²) in [6, 6.07) is 4.40. The fraction of sp³-hybridized carbons (Fsp3) is 0.500. The van der Waals surface area contributed by atoms with E-state index in [-0.39, 0.29) is 24.4 Å². The van der Waals surface area contributed by atoms with Crippen LogP contribution in [0.3, 0.4) is 0 Å². The fourth-order valence-corrected chi connectivity index (χ4v) is 7.54. The standard InChI is InChI=1S/C26H25F4N3O3S/c27-15-1-2-19-18(9-15)17-3-8-32(21(34)10-24-4-6-25(14-24,7-5-24)23(35)36)13-20(17)33(19)12-16-11-31-22(37-16)26(28,29)30/h1-2,9,11H,3-8,10,12-14H2,(H,35,36). The van der Waals surface area contributed by atoms with E-state index in [1.165, 1.54) is 18.3 Å². The fourth-order valence-electron chi connectivity index (χ4n) is 6.77. The number of aromatic nitrogens is 2. The van der Waals surface area contributed by atoms with E-state index in [1.54, 1.807) is 11.0 Å². The zero-order chi connectivity index (χ0) is 26.2. The van der Waals surface area contributed by atoms with Gasteiger partial charge in [-0.1, -0.05) is 0 Å². The number of aliphatic carboxylic acids is 1. The summed E-state index contributed by atoms with van der Waals surface area (Å²) in [6.07, 6.45) is 0.718. The lowest BCUT2D eigenvalue weighted by Crippen LogP contribution is -2.39. The van der Waals surface area contributed by atoms with Crippen LogP contribution < -0.4 is 0 Å². The Kier molecular flexibility index (Phi) is 5.46. The molecule has 37 heavy (non-hydrogen) atoms. The molecule has 6 nitrogen and oxygen atoms in total. The van der Waals surface area contributed by atoms with Gasteiger partial charge in [0.15, 0.2) is 5.01 Å². The number of carboxylic acid groups (broad SMARTS) is 1. The summed E-state index contributed by atoms with van der Waals surface area (Å²) in [4.78, 5) is 31.0. The number of hydrogen-bond acceptors (Lipinski definition) is 4. The monoisotopic (exact) mass is 535 g/mol. The van der Waals surface area contributed by atoms with Gasteiger partial charge in [-0.15, -0.1) is 11.3 Å². The molecule has 6 rings (SSSR count). The van der Waals surface area contributed by atoms with Crippen LogP contribution >= 0.6 is 11.3 Å². The number of halogens is 4. The highest BCUT2D eigenvalue weighted by Gasteiger charge is 2.58. The van der Waals surface area contributed by atoms with E-state index in [4.69, 9.17) is 0 Å². The molecule has 2 saturated carbocycles. The Labute approximate surface area is 213 Å². The van der Waals surface area contributed by atoms with Crippen molar-refractivity contribution in [3.05, 3.63) is 51.4 Å². The molecule has 2 fully saturated rings. The summed E-state index contributed by atoms with van der Waals surface area (Å²) in [5.74, 6) is -1.20. The highest BCUT2D eigenvalue weighted by atomic mass is 32.1. The number of benzene rings is 1. The van der Waals surface area contributed by atoms with Gasteiger partial charge in [0.25, 0.3) is 0 Å². The van der Waals surface area contributed by atoms with Crippen LogP contribution in [0.4, 0.5) is 17.6 Å². The van der Waals surface area contributed by atoms with Crippen molar-refractivity contribution in [3.63, 3.8) is 0 Å². The Morgan fingerprint density at radius 2 is 1.92 bits per heavy atom. The number of fused-ring (bicyclic) bond motifs is 5. The number of nitrogens with zero attached hydrogens (tertiary/aromatic N) is 3. The molecule has 1 N–H and O–H groups in total. The predicted molar refractivity (Wildman–Crippen MR) is 127 cm³/mol. The van der Waals surface area contributed by atoms with Gasteiger partial charge in [-0.25, -0.2) is 9.37 Å². The van der Waals surface area contributed by atoms with Crippen LogP contribution in [0, 0.1) is 16.6 Å². The molecule has 0 saturated heterocycles. The lowest BCUT2D eigenvalue weighted by Gasteiger charge is -2.33. The maximum Gasteiger partial charge on any atom is 0.443 e. The molecule has 0 unspecified atom stereocenters. The topological polar surface area (TPSA) is 75.4 Å². The van der Waals surface area contributed by atoms with Gasteiger partial charge >= 0.3 is 12.1 Å². The van der Waals surface area contributed by atoms with Crippen LogP contribution in [-0.2, 0) is 35.3 Å². The van der Waals surface area contributed by atoms with E-state index in [0.29, 0.717) is 65.8 Å². The molecule has 2 aliphatic carbocycles. The van der Waals surface area contributed by atoms with Crippen molar-refractivity contribution in [2.24, 2.45) is 10.8 Å². The number of carboxylic acids is 1. The Morgan fingerprint density at radius 1 is 1.16 bits per heavy atom. The number of rotatable bonds is 5. The van der Waals surface area contributed by atoms with Crippen LogP contribution in [0.5, 0.6) is 0 Å². The molecular weight excluding hydrogens is 510 g/mol. The molecule has 196 valence electrons. The first-order valence-electron chi connectivity index (χ1n) is 12.3. The van der Waals surface area contributed by atoms with Gasteiger partial charge in [-0.3, -0.25) is 9.59 Å². The summed E-state index contributed by atoms with van der Waals surface area (Å²) in [5, 5.41) is 9.48. The maximum absolute atomic E-state index is 14.1. The average molecular weight is 536 g/mol. The van der Waals surface area contributed by atoms with E-state index < -0.39 is 28.4 Å². The van der Waals surface area contributed by atoms with Gasteiger partial charge in [0.2, 0.25) is 5.91 Å². The van der Waals surface area contributed by atoms with Crippen molar-refractivity contribution in [1.82, 2.24) is 14.5 Å². The maximum atomic E-state index is 14.1. The average Bonchev–Trinajstić information content (AvgIpc) is 3.61. The number of thiazole rings is 1. The summed E-state index contributed by atoms with van der Waals surface area (Å²) in [6.45, 7) is 0.869. The van der Waals surface area contributed by atoms with E-state index >= 15 is 0 Å². The largest absolute Gasteiger partial charge is 0.481 e. The number of carbonyl (C=O) groups is 2. The lowest BCUT2D eigenvalue weighted by atomic mass is 9.80. The van der Waals surface area contributed by atoms with Crippen LogP contribution in [0.25, 0.3) is 10.9 Å². The summed E-state index contributed by atoms with van der Waals surface area (Å²) < 4.78 is 55.3.